The lowest BCUT2D eigenvalue weighted by molar-refractivity contribution is -0.134. The summed E-state index contributed by atoms with van der Waals surface area (Å²) in [5, 5.41) is 4.17. The molecule has 162 valence electrons. The Balaban J connectivity index is 1.31. The Morgan fingerprint density at radius 1 is 1.17 bits per heavy atom. The molecule has 2 aromatic rings. The monoisotopic (exact) mass is 414 g/mol. The molecule has 0 saturated carbocycles. The zero-order valence-electron chi connectivity index (χ0n) is 17.5. The van der Waals surface area contributed by atoms with Gasteiger partial charge in [-0.25, -0.2) is 4.39 Å². The first-order valence-electron chi connectivity index (χ1n) is 11.0. The van der Waals surface area contributed by atoms with Crippen LogP contribution in [0.3, 0.4) is 0 Å². The summed E-state index contributed by atoms with van der Waals surface area (Å²) >= 11 is 0. The normalized spacial score (nSPS) is 20.5. The summed E-state index contributed by atoms with van der Waals surface area (Å²) in [4.78, 5) is 17.3. The van der Waals surface area contributed by atoms with Crippen molar-refractivity contribution < 1.29 is 13.9 Å². The third-order valence-electron chi connectivity index (χ3n) is 6.19. The van der Waals surface area contributed by atoms with Crippen molar-refractivity contribution in [2.75, 3.05) is 32.8 Å². The largest absolute Gasteiger partial charge is 0.376 e. The molecule has 7 heteroatoms. The van der Waals surface area contributed by atoms with Gasteiger partial charge in [0.1, 0.15) is 12.4 Å². The Morgan fingerprint density at radius 3 is 2.70 bits per heavy atom. The van der Waals surface area contributed by atoms with Crippen molar-refractivity contribution >= 4 is 5.91 Å². The van der Waals surface area contributed by atoms with Crippen molar-refractivity contribution in [1.82, 2.24) is 19.6 Å². The number of likely N-dealkylation sites (tertiary alicyclic amines) is 1. The molecule has 6 nitrogen and oxygen atoms in total. The number of piperidine rings is 1. The van der Waals surface area contributed by atoms with E-state index in [0.29, 0.717) is 19.0 Å². The topological polar surface area (TPSA) is 50.6 Å². The molecule has 0 unspecified atom stereocenters. The highest BCUT2D eigenvalue weighted by molar-refractivity contribution is 5.76. The summed E-state index contributed by atoms with van der Waals surface area (Å²) in [5.74, 6) is 0.430. The number of amides is 1. The van der Waals surface area contributed by atoms with Gasteiger partial charge in [0.05, 0.1) is 6.10 Å². The average Bonchev–Trinajstić information content (AvgIpc) is 3.45. The second-order valence-electron chi connectivity index (χ2n) is 8.45. The van der Waals surface area contributed by atoms with Crippen molar-refractivity contribution in [3.05, 3.63) is 54.1 Å². The maximum atomic E-state index is 13.9. The number of benzene rings is 1. The lowest BCUT2D eigenvalue weighted by Gasteiger charge is -2.35. The van der Waals surface area contributed by atoms with Crippen LogP contribution in [-0.2, 0) is 22.6 Å². The zero-order valence-corrected chi connectivity index (χ0v) is 17.5. The Hall–Kier alpha value is -2.25. The number of hydrogen-bond donors (Lipinski definition) is 0. The molecule has 1 amide bonds. The predicted octanol–water partition coefficient (Wildman–Crippen LogP) is 2.94. The second kappa shape index (κ2) is 10.2. The number of rotatable bonds is 8. The molecule has 0 N–H and O–H groups in total. The van der Waals surface area contributed by atoms with Crippen molar-refractivity contribution in [1.29, 1.82) is 0 Å². The molecular formula is C23H31FN4O2. The molecule has 2 aliphatic rings. The second-order valence-corrected chi connectivity index (χ2v) is 8.45. The van der Waals surface area contributed by atoms with Crippen LogP contribution in [0.4, 0.5) is 4.39 Å². The molecule has 0 aliphatic carbocycles. The van der Waals surface area contributed by atoms with Crippen LogP contribution in [0.5, 0.6) is 0 Å². The molecule has 2 aliphatic heterocycles. The van der Waals surface area contributed by atoms with E-state index in [1.165, 1.54) is 6.07 Å². The van der Waals surface area contributed by atoms with E-state index < -0.39 is 0 Å². The van der Waals surface area contributed by atoms with Crippen LogP contribution in [-0.4, -0.2) is 64.4 Å². The molecule has 3 heterocycles. The van der Waals surface area contributed by atoms with E-state index in [1.807, 2.05) is 29.3 Å². The van der Waals surface area contributed by atoms with Crippen molar-refractivity contribution in [3.8, 4) is 0 Å². The average molecular weight is 415 g/mol. The quantitative estimate of drug-likeness (QED) is 0.667. The number of carbonyl (C=O) groups is 1. The van der Waals surface area contributed by atoms with E-state index in [9.17, 15) is 9.18 Å². The van der Waals surface area contributed by atoms with Gasteiger partial charge >= 0.3 is 0 Å². The fraction of sp³-hybridized carbons (Fsp3) is 0.565. The molecule has 0 radical (unpaired) electrons. The lowest BCUT2D eigenvalue weighted by Crippen LogP contribution is -2.44. The Labute approximate surface area is 177 Å². The van der Waals surface area contributed by atoms with Gasteiger partial charge in [-0.05, 0) is 56.8 Å². The van der Waals surface area contributed by atoms with Crippen molar-refractivity contribution in [2.24, 2.45) is 5.92 Å². The van der Waals surface area contributed by atoms with Crippen LogP contribution in [0, 0.1) is 11.7 Å². The highest BCUT2D eigenvalue weighted by Gasteiger charge is 2.27. The van der Waals surface area contributed by atoms with Gasteiger partial charge in [0.2, 0.25) is 5.91 Å². The first-order valence-corrected chi connectivity index (χ1v) is 11.0. The van der Waals surface area contributed by atoms with Crippen LogP contribution in [0.15, 0.2) is 42.7 Å². The maximum absolute atomic E-state index is 13.9. The first kappa shape index (κ1) is 21.0. The van der Waals surface area contributed by atoms with E-state index >= 15 is 0 Å². The third-order valence-corrected chi connectivity index (χ3v) is 6.19. The zero-order chi connectivity index (χ0) is 20.8. The highest BCUT2D eigenvalue weighted by atomic mass is 19.1. The standard InChI is InChI=1S/C23H31FN4O2/c24-22-7-2-1-5-20(22)16-26-12-8-19(9-13-26)15-27(17-21-6-3-14-30-21)23(29)18-28-11-4-10-25-28/h1-2,4-5,7,10-11,19,21H,3,6,8-9,12-18H2/t21-/m0/s1. The molecule has 30 heavy (non-hydrogen) atoms. The molecule has 2 fully saturated rings. The molecule has 0 bridgehead atoms. The summed E-state index contributed by atoms with van der Waals surface area (Å²) in [5.41, 5.74) is 0.755. The summed E-state index contributed by atoms with van der Waals surface area (Å²) < 4.78 is 21.4. The smallest absolute Gasteiger partial charge is 0.244 e. The highest BCUT2D eigenvalue weighted by Crippen LogP contribution is 2.22. The van der Waals surface area contributed by atoms with Crippen LogP contribution >= 0.6 is 0 Å². The van der Waals surface area contributed by atoms with Crippen LogP contribution in [0.2, 0.25) is 0 Å². The van der Waals surface area contributed by atoms with E-state index in [2.05, 4.69) is 10.00 Å². The minimum atomic E-state index is -0.133. The Morgan fingerprint density at radius 2 is 2.00 bits per heavy atom. The minimum absolute atomic E-state index is 0.1000. The molecule has 0 spiro atoms. The fourth-order valence-corrected chi connectivity index (χ4v) is 4.45. The van der Waals surface area contributed by atoms with Crippen LogP contribution in [0.25, 0.3) is 0 Å². The van der Waals surface area contributed by atoms with Gasteiger partial charge in [-0.1, -0.05) is 18.2 Å². The molecule has 4 rings (SSSR count). The van der Waals surface area contributed by atoms with Gasteiger partial charge in [-0.2, -0.15) is 5.10 Å². The number of nitrogens with zero attached hydrogens (tertiary/aromatic N) is 4. The molecule has 1 aromatic carbocycles. The molecule has 2 saturated heterocycles. The third kappa shape index (κ3) is 5.67. The van der Waals surface area contributed by atoms with E-state index in [-0.39, 0.29) is 24.4 Å². The number of ether oxygens (including phenoxy) is 1. The van der Waals surface area contributed by atoms with Gasteiger partial charge in [0.25, 0.3) is 0 Å². The first-order chi connectivity index (χ1) is 14.7. The Kier molecular flexibility index (Phi) is 7.12. The molecule has 1 atom stereocenters. The summed E-state index contributed by atoms with van der Waals surface area (Å²) in [6, 6.07) is 8.84. The molecular weight excluding hydrogens is 383 g/mol. The van der Waals surface area contributed by atoms with Gasteiger partial charge in [-0.15, -0.1) is 0 Å². The van der Waals surface area contributed by atoms with Crippen molar-refractivity contribution in [3.63, 3.8) is 0 Å². The van der Waals surface area contributed by atoms with E-state index in [4.69, 9.17) is 4.74 Å². The molecule has 1 aromatic heterocycles. The number of aromatic nitrogens is 2. The van der Waals surface area contributed by atoms with Gasteiger partial charge in [-0.3, -0.25) is 14.4 Å². The Bertz CT molecular complexity index is 799. The number of halogens is 1. The van der Waals surface area contributed by atoms with Crippen molar-refractivity contribution in [2.45, 2.75) is 44.9 Å². The van der Waals surface area contributed by atoms with Crippen LogP contribution < -0.4 is 0 Å². The number of carbonyl (C=O) groups excluding carboxylic acids is 1. The predicted molar refractivity (Wildman–Crippen MR) is 112 cm³/mol. The summed E-state index contributed by atoms with van der Waals surface area (Å²) in [6.45, 7) is 4.99. The van der Waals surface area contributed by atoms with Gasteiger partial charge in [0.15, 0.2) is 0 Å². The van der Waals surface area contributed by atoms with Gasteiger partial charge in [0, 0.05) is 44.2 Å². The maximum Gasteiger partial charge on any atom is 0.244 e. The number of hydrogen-bond acceptors (Lipinski definition) is 4. The summed E-state index contributed by atoms with van der Waals surface area (Å²) in [7, 11) is 0. The van der Waals surface area contributed by atoms with Crippen LogP contribution in [0.1, 0.15) is 31.2 Å². The van der Waals surface area contributed by atoms with E-state index in [0.717, 1.165) is 57.5 Å². The summed E-state index contributed by atoms with van der Waals surface area (Å²) in [6.07, 6.45) is 7.80. The SMILES string of the molecule is O=C(Cn1cccn1)N(CC1CCN(Cc2ccccc2F)CC1)C[C@@H]1CCCO1. The van der Waals surface area contributed by atoms with E-state index in [1.54, 1.807) is 16.9 Å². The minimum Gasteiger partial charge on any atom is -0.376 e. The lowest BCUT2D eigenvalue weighted by atomic mass is 9.95. The fourth-order valence-electron chi connectivity index (χ4n) is 4.45. The van der Waals surface area contributed by atoms with Gasteiger partial charge < -0.3 is 9.64 Å².